The van der Waals surface area contributed by atoms with Crippen LogP contribution in [0.1, 0.15) is 43.1 Å². The number of hydrogen-bond donors (Lipinski definition) is 0. The van der Waals surface area contributed by atoms with Crippen LogP contribution in [-0.4, -0.2) is 39.0 Å². The van der Waals surface area contributed by atoms with E-state index < -0.39 is 0 Å². The van der Waals surface area contributed by atoms with Crippen molar-refractivity contribution in [1.29, 1.82) is 0 Å². The Morgan fingerprint density at radius 1 is 1.22 bits per heavy atom. The molecule has 6 nitrogen and oxygen atoms in total. The summed E-state index contributed by atoms with van der Waals surface area (Å²) in [5.41, 5.74) is 1.14. The fraction of sp³-hybridized carbons (Fsp3) is 0.625. The van der Waals surface area contributed by atoms with Gasteiger partial charge in [-0.25, -0.2) is 15.0 Å². The van der Waals surface area contributed by atoms with E-state index in [9.17, 15) is 0 Å². The molecule has 1 aliphatic heterocycles. The molecule has 0 spiro atoms. The highest BCUT2D eigenvalue weighted by Crippen LogP contribution is 2.39. The largest absolute Gasteiger partial charge is 0.477 e. The maximum Gasteiger partial charge on any atom is 0.216 e. The second-order valence-corrected chi connectivity index (χ2v) is 7.15. The Kier molecular flexibility index (Phi) is 4.11. The van der Waals surface area contributed by atoms with Crippen molar-refractivity contribution < 1.29 is 4.74 Å². The van der Waals surface area contributed by atoms with Crippen molar-refractivity contribution in [3.05, 3.63) is 23.9 Å². The van der Waals surface area contributed by atoms with Gasteiger partial charge in [-0.15, -0.1) is 0 Å². The van der Waals surface area contributed by atoms with Crippen LogP contribution in [-0.2, 0) is 0 Å². The van der Waals surface area contributed by atoms with Crippen LogP contribution in [0.25, 0.3) is 0 Å². The van der Waals surface area contributed by atoms with E-state index in [0.717, 1.165) is 55.1 Å². The zero-order valence-electron chi connectivity index (χ0n) is 13.3. The SMILES string of the molecule is Cc1nsc(N2CCC(COc3cc(C4CC4)ncn3)CC2)n1. The molecule has 0 bridgehead atoms. The van der Waals surface area contributed by atoms with Crippen LogP contribution in [0.4, 0.5) is 5.13 Å². The lowest BCUT2D eigenvalue weighted by Crippen LogP contribution is -2.35. The fourth-order valence-electron chi connectivity index (χ4n) is 2.94. The van der Waals surface area contributed by atoms with Gasteiger partial charge in [-0.3, -0.25) is 0 Å². The Balaban J connectivity index is 1.27. The van der Waals surface area contributed by atoms with Crippen LogP contribution in [0.2, 0.25) is 0 Å². The number of aromatic nitrogens is 4. The van der Waals surface area contributed by atoms with Crippen molar-refractivity contribution in [2.24, 2.45) is 5.92 Å². The monoisotopic (exact) mass is 331 g/mol. The van der Waals surface area contributed by atoms with Crippen molar-refractivity contribution in [2.75, 3.05) is 24.6 Å². The molecule has 2 aromatic rings. The van der Waals surface area contributed by atoms with E-state index in [1.165, 1.54) is 24.4 Å². The van der Waals surface area contributed by atoms with E-state index in [4.69, 9.17) is 4.74 Å². The summed E-state index contributed by atoms with van der Waals surface area (Å²) >= 11 is 1.49. The van der Waals surface area contributed by atoms with Crippen molar-refractivity contribution in [1.82, 2.24) is 19.3 Å². The minimum atomic E-state index is 0.583. The highest BCUT2D eigenvalue weighted by molar-refractivity contribution is 7.09. The Bertz CT molecular complexity index is 664. The molecule has 4 rings (SSSR count). The summed E-state index contributed by atoms with van der Waals surface area (Å²) in [6.07, 6.45) is 6.38. The normalized spacial score (nSPS) is 19.1. The van der Waals surface area contributed by atoms with Crippen LogP contribution < -0.4 is 9.64 Å². The number of piperidine rings is 1. The molecule has 2 aliphatic rings. The lowest BCUT2D eigenvalue weighted by Gasteiger charge is -2.31. The van der Waals surface area contributed by atoms with Crippen LogP contribution in [0.5, 0.6) is 5.88 Å². The van der Waals surface area contributed by atoms with Crippen LogP contribution in [0.15, 0.2) is 12.4 Å². The first-order chi connectivity index (χ1) is 11.3. The maximum atomic E-state index is 5.91. The molecule has 1 saturated heterocycles. The van der Waals surface area contributed by atoms with Gasteiger partial charge in [-0.2, -0.15) is 4.37 Å². The predicted molar refractivity (Wildman–Crippen MR) is 89.1 cm³/mol. The molecule has 23 heavy (non-hydrogen) atoms. The number of anilines is 1. The van der Waals surface area contributed by atoms with Crippen molar-refractivity contribution in [3.8, 4) is 5.88 Å². The van der Waals surface area contributed by atoms with Gasteiger partial charge in [0.2, 0.25) is 11.0 Å². The summed E-state index contributed by atoms with van der Waals surface area (Å²) in [6, 6.07) is 2.01. The van der Waals surface area contributed by atoms with E-state index in [-0.39, 0.29) is 0 Å². The van der Waals surface area contributed by atoms with Gasteiger partial charge in [0, 0.05) is 36.6 Å². The number of aryl methyl sites for hydroxylation is 1. The van der Waals surface area contributed by atoms with Crippen molar-refractivity contribution >= 4 is 16.7 Å². The molecule has 1 saturated carbocycles. The molecule has 2 fully saturated rings. The van der Waals surface area contributed by atoms with Gasteiger partial charge in [0.15, 0.2) is 0 Å². The highest BCUT2D eigenvalue weighted by atomic mass is 32.1. The summed E-state index contributed by atoms with van der Waals surface area (Å²) in [5.74, 6) is 2.81. The smallest absolute Gasteiger partial charge is 0.216 e. The summed E-state index contributed by atoms with van der Waals surface area (Å²) < 4.78 is 10.2. The third kappa shape index (κ3) is 3.60. The fourth-order valence-corrected chi connectivity index (χ4v) is 3.67. The van der Waals surface area contributed by atoms with Gasteiger partial charge in [-0.05, 0) is 38.5 Å². The first-order valence-corrected chi connectivity index (χ1v) is 9.05. The van der Waals surface area contributed by atoms with Gasteiger partial charge in [0.25, 0.3) is 0 Å². The molecule has 0 amide bonds. The van der Waals surface area contributed by atoms with Crippen molar-refractivity contribution in [2.45, 2.75) is 38.5 Å². The van der Waals surface area contributed by atoms with Gasteiger partial charge in [-0.1, -0.05) is 0 Å². The van der Waals surface area contributed by atoms with Crippen LogP contribution >= 0.6 is 11.5 Å². The highest BCUT2D eigenvalue weighted by Gasteiger charge is 2.26. The summed E-state index contributed by atoms with van der Waals surface area (Å²) in [7, 11) is 0. The van der Waals surface area contributed by atoms with E-state index >= 15 is 0 Å². The molecule has 0 N–H and O–H groups in total. The van der Waals surface area contributed by atoms with E-state index in [2.05, 4.69) is 24.2 Å². The molecule has 1 aliphatic carbocycles. The lowest BCUT2D eigenvalue weighted by atomic mass is 9.98. The van der Waals surface area contributed by atoms with Gasteiger partial charge >= 0.3 is 0 Å². The maximum absolute atomic E-state index is 5.91. The summed E-state index contributed by atoms with van der Waals surface area (Å²) in [4.78, 5) is 15.4. The predicted octanol–water partition coefficient (Wildman–Crippen LogP) is 2.81. The first-order valence-electron chi connectivity index (χ1n) is 8.28. The molecule has 7 heteroatoms. The number of nitrogens with zero attached hydrogens (tertiary/aromatic N) is 5. The standard InChI is InChI=1S/C16H21N5OS/c1-11-19-16(23-20-11)21-6-4-12(5-7-21)9-22-15-8-14(13-2-3-13)17-10-18-15/h8,10,12-13H,2-7,9H2,1H3. The zero-order chi connectivity index (χ0) is 15.6. The van der Waals surface area contributed by atoms with Crippen molar-refractivity contribution in [3.63, 3.8) is 0 Å². The lowest BCUT2D eigenvalue weighted by molar-refractivity contribution is 0.215. The minimum Gasteiger partial charge on any atom is -0.477 e. The first kappa shape index (κ1) is 14.8. The number of hydrogen-bond acceptors (Lipinski definition) is 7. The average molecular weight is 331 g/mol. The van der Waals surface area contributed by atoms with Crippen LogP contribution in [0.3, 0.4) is 0 Å². The molecule has 0 atom stereocenters. The molecule has 2 aromatic heterocycles. The molecule has 0 radical (unpaired) electrons. The zero-order valence-corrected chi connectivity index (χ0v) is 14.1. The molecule has 122 valence electrons. The average Bonchev–Trinajstić information content (AvgIpc) is 3.35. The Labute approximate surface area is 140 Å². The molecule has 0 aromatic carbocycles. The molecule has 0 unspecified atom stereocenters. The third-order valence-corrected chi connectivity index (χ3v) is 5.40. The second-order valence-electron chi connectivity index (χ2n) is 6.42. The Morgan fingerprint density at radius 3 is 2.74 bits per heavy atom. The molecular weight excluding hydrogens is 310 g/mol. The van der Waals surface area contributed by atoms with Crippen LogP contribution in [0, 0.1) is 12.8 Å². The van der Waals surface area contributed by atoms with Gasteiger partial charge in [0.05, 0.1) is 12.3 Å². The second kappa shape index (κ2) is 6.39. The van der Waals surface area contributed by atoms with E-state index in [1.54, 1.807) is 6.33 Å². The Morgan fingerprint density at radius 2 is 2.04 bits per heavy atom. The topological polar surface area (TPSA) is 64.0 Å². The number of ether oxygens (including phenoxy) is 1. The van der Waals surface area contributed by atoms with Gasteiger partial charge in [0.1, 0.15) is 12.2 Å². The number of rotatable bonds is 5. The molecule has 3 heterocycles. The van der Waals surface area contributed by atoms with Gasteiger partial charge < -0.3 is 9.64 Å². The minimum absolute atomic E-state index is 0.583. The quantitative estimate of drug-likeness (QED) is 0.839. The molecular formula is C16H21N5OS. The van der Waals surface area contributed by atoms with E-state index in [0.29, 0.717) is 11.8 Å². The third-order valence-electron chi connectivity index (χ3n) is 4.53. The van der Waals surface area contributed by atoms with E-state index in [1.807, 2.05) is 13.0 Å². The summed E-state index contributed by atoms with van der Waals surface area (Å²) in [5, 5.41) is 1.05. The summed E-state index contributed by atoms with van der Waals surface area (Å²) in [6.45, 7) is 4.74. The Hall–Kier alpha value is -1.76.